The number of benzene rings is 4. The summed E-state index contributed by atoms with van der Waals surface area (Å²) < 4.78 is 28.2. The molecular weight excluding hydrogens is 418 g/mol. The number of sulfonamides is 1. The van der Waals surface area contributed by atoms with Crippen molar-refractivity contribution >= 4 is 32.3 Å². The molecule has 0 radical (unpaired) electrons. The van der Waals surface area contributed by atoms with Gasteiger partial charge >= 0.3 is 0 Å². The summed E-state index contributed by atoms with van der Waals surface area (Å²) in [7, 11) is -3.68. The van der Waals surface area contributed by atoms with Crippen molar-refractivity contribution in [2.75, 3.05) is 4.72 Å². The van der Waals surface area contributed by atoms with Crippen molar-refractivity contribution in [1.29, 1.82) is 0 Å². The minimum atomic E-state index is -3.68. The van der Waals surface area contributed by atoms with Crippen molar-refractivity contribution < 1.29 is 13.2 Å². The van der Waals surface area contributed by atoms with Crippen molar-refractivity contribution in [2.45, 2.75) is 23.7 Å². The molecule has 1 aliphatic carbocycles. The molecule has 1 saturated carbocycles. The molecule has 1 fully saturated rings. The van der Waals surface area contributed by atoms with Gasteiger partial charge in [0, 0.05) is 18.0 Å². The van der Waals surface area contributed by atoms with Crippen LogP contribution in [-0.4, -0.2) is 14.2 Å². The number of hydrogen-bond donors (Lipinski definition) is 1. The second-order valence-electron chi connectivity index (χ2n) is 8.32. The van der Waals surface area contributed by atoms with Crippen molar-refractivity contribution in [1.82, 2.24) is 0 Å². The zero-order chi connectivity index (χ0) is 22.1. The van der Waals surface area contributed by atoms with Crippen LogP contribution >= 0.6 is 0 Å². The smallest absolute Gasteiger partial charge is 0.261 e. The molecule has 4 aromatic rings. The maximum Gasteiger partial charge on any atom is 0.261 e. The van der Waals surface area contributed by atoms with Gasteiger partial charge in [-0.2, -0.15) is 0 Å². The Bertz CT molecular complexity index is 1400. The maximum absolute atomic E-state index is 12.9. The molecule has 0 heterocycles. The van der Waals surface area contributed by atoms with Crippen molar-refractivity contribution in [3.05, 3.63) is 108 Å². The summed E-state index contributed by atoms with van der Waals surface area (Å²) in [4.78, 5) is 13.1. The highest BCUT2D eigenvalue weighted by Gasteiger charge is 2.43. The summed E-state index contributed by atoms with van der Waals surface area (Å²) in [6, 6.07) is 30.0. The molecule has 160 valence electrons. The van der Waals surface area contributed by atoms with E-state index >= 15 is 0 Å². The molecule has 5 rings (SSSR count). The first kappa shape index (κ1) is 20.5. The van der Waals surface area contributed by atoms with Gasteiger partial charge < -0.3 is 0 Å². The largest absolute Gasteiger partial charge is 0.299 e. The van der Waals surface area contributed by atoms with Gasteiger partial charge in [-0.15, -0.1) is 0 Å². The number of ketones is 1. The second-order valence-corrected chi connectivity index (χ2v) is 10.00. The van der Waals surface area contributed by atoms with E-state index in [2.05, 4.69) is 29.0 Å². The number of nitrogens with one attached hydrogen (secondary N) is 1. The predicted molar refractivity (Wildman–Crippen MR) is 127 cm³/mol. The van der Waals surface area contributed by atoms with Gasteiger partial charge in [-0.1, -0.05) is 72.8 Å². The second kappa shape index (κ2) is 8.24. The lowest BCUT2D eigenvalue weighted by molar-refractivity contribution is -0.119. The Morgan fingerprint density at radius 3 is 2.38 bits per heavy atom. The van der Waals surface area contributed by atoms with Crippen LogP contribution in [0, 0.1) is 5.92 Å². The lowest BCUT2D eigenvalue weighted by atomic mass is 10.00. The molecule has 1 aliphatic rings. The van der Waals surface area contributed by atoms with Crippen LogP contribution in [0.4, 0.5) is 5.69 Å². The molecule has 2 atom stereocenters. The number of rotatable bonds is 7. The van der Waals surface area contributed by atoms with E-state index in [1.165, 1.54) is 0 Å². The van der Waals surface area contributed by atoms with Crippen LogP contribution in [0.3, 0.4) is 0 Å². The predicted octanol–water partition coefficient (Wildman–Crippen LogP) is 5.56. The highest BCUT2D eigenvalue weighted by molar-refractivity contribution is 7.92. The van der Waals surface area contributed by atoms with Gasteiger partial charge in [0.25, 0.3) is 10.0 Å². The highest BCUT2D eigenvalue weighted by atomic mass is 32.2. The fraction of sp³-hybridized carbons (Fsp3) is 0.148. The molecule has 0 aromatic heterocycles. The van der Waals surface area contributed by atoms with Gasteiger partial charge in [0.2, 0.25) is 0 Å². The van der Waals surface area contributed by atoms with Crippen LogP contribution in [0.5, 0.6) is 0 Å². The number of anilines is 1. The summed E-state index contributed by atoms with van der Waals surface area (Å²) in [6.07, 6.45) is 1.17. The SMILES string of the molecule is O=C(Cc1ccc2ccccc2c1)[C@@H]1C[C@H]1c1cccc(S(=O)(=O)Nc2ccccc2)c1. The van der Waals surface area contributed by atoms with Gasteiger partial charge in [0.05, 0.1) is 4.90 Å². The van der Waals surface area contributed by atoms with Gasteiger partial charge in [-0.05, 0) is 58.5 Å². The average Bonchev–Trinajstić information content (AvgIpc) is 3.61. The van der Waals surface area contributed by atoms with Gasteiger partial charge in [-0.25, -0.2) is 8.42 Å². The van der Waals surface area contributed by atoms with E-state index in [-0.39, 0.29) is 22.5 Å². The molecular formula is C27H23NO3S. The molecule has 0 aliphatic heterocycles. The maximum atomic E-state index is 12.9. The Morgan fingerprint density at radius 1 is 0.812 bits per heavy atom. The number of carbonyl (C=O) groups excluding carboxylic acids is 1. The quantitative estimate of drug-likeness (QED) is 0.409. The summed E-state index contributed by atoms with van der Waals surface area (Å²) in [6.45, 7) is 0. The Morgan fingerprint density at radius 2 is 1.56 bits per heavy atom. The van der Waals surface area contributed by atoms with Crippen LogP contribution in [-0.2, 0) is 21.2 Å². The van der Waals surface area contributed by atoms with E-state index in [1.54, 1.807) is 42.5 Å². The molecule has 4 aromatic carbocycles. The van der Waals surface area contributed by atoms with Crippen LogP contribution in [0.1, 0.15) is 23.5 Å². The van der Waals surface area contributed by atoms with Gasteiger partial charge in [0.1, 0.15) is 5.78 Å². The molecule has 0 unspecified atom stereocenters. The Labute approximate surface area is 188 Å². The number of fused-ring (bicyclic) bond motifs is 1. The van der Waals surface area contributed by atoms with Crippen LogP contribution in [0.2, 0.25) is 0 Å². The number of para-hydroxylation sites is 1. The van der Waals surface area contributed by atoms with Gasteiger partial charge in [0.15, 0.2) is 0 Å². The third kappa shape index (κ3) is 4.30. The fourth-order valence-corrected chi connectivity index (χ4v) is 5.35. The van der Waals surface area contributed by atoms with Crippen molar-refractivity contribution in [3.63, 3.8) is 0 Å². The third-order valence-corrected chi connectivity index (χ3v) is 7.40. The monoisotopic (exact) mass is 441 g/mol. The van der Waals surface area contributed by atoms with E-state index in [4.69, 9.17) is 0 Å². The Hall–Kier alpha value is -3.44. The van der Waals surface area contributed by atoms with E-state index < -0.39 is 10.0 Å². The van der Waals surface area contributed by atoms with Crippen molar-refractivity contribution in [2.24, 2.45) is 5.92 Å². The first-order valence-corrected chi connectivity index (χ1v) is 12.2. The molecule has 1 N–H and O–H groups in total. The van der Waals surface area contributed by atoms with Crippen LogP contribution in [0.15, 0.2) is 102 Å². The molecule has 0 saturated heterocycles. The lowest BCUT2D eigenvalue weighted by Crippen LogP contribution is -2.13. The van der Waals surface area contributed by atoms with E-state index in [9.17, 15) is 13.2 Å². The fourth-order valence-electron chi connectivity index (χ4n) is 4.23. The molecule has 0 amide bonds. The summed E-state index contributed by atoms with van der Waals surface area (Å²) >= 11 is 0. The first-order valence-electron chi connectivity index (χ1n) is 10.7. The van der Waals surface area contributed by atoms with E-state index in [0.717, 1.165) is 28.3 Å². The normalized spacial score (nSPS) is 17.8. The number of hydrogen-bond acceptors (Lipinski definition) is 3. The molecule has 32 heavy (non-hydrogen) atoms. The first-order chi connectivity index (χ1) is 15.5. The summed E-state index contributed by atoms with van der Waals surface area (Å²) in [5, 5.41) is 2.30. The standard InChI is InChI=1S/C27H23NO3S/c29-27(16-19-13-14-20-7-4-5-8-21(20)15-19)26-18-25(26)22-9-6-12-24(17-22)32(30,31)28-23-10-2-1-3-11-23/h1-15,17,25-26,28H,16,18H2/t25-,26+/m0/s1. The number of carbonyl (C=O) groups is 1. The van der Waals surface area contributed by atoms with E-state index in [1.807, 2.05) is 30.3 Å². The minimum absolute atomic E-state index is 0.0542. The molecule has 5 heteroatoms. The molecule has 4 nitrogen and oxygen atoms in total. The minimum Gasteiger partial charge on any atom is -0.299 e. The zero-order valence-corrected chi connectivity index (χ0v) is 18.3. The number of Topliss-reactive ketones (excluding diaryl/α,β-unsaturated/α-hetero) is 1. The highest BCUT2D eigenvalue weighted by Crippen LogP contribution is 2.48. The average molecular weight is 442 g/mol. The lowest BCUT2D eigenvalue weighted by Gasteiger charge is -2.09. The topological polar surface area (TPSA) is 63.2 Å². The van der Waals surface area contributed by atoms with Crippen LogP contribution in [0.25, 0.3) is 10.8 Å². The Balaban J connectivity index is 1.29. The van der Waals surface area contributed by atoms with Crippen LogP contribution < -0.4 is 4.72 Å². The van der Waals surface area contributed by atoms with Crippen molar-refractivity contribution in [3.8, 4) is 0 Å². The van der Waals surface area contributed by atoms with Gasteiger partial charge in [-0.3, -0.25) is 9.52 Å². The molecule has 0 bridgehead atoms. The zero-order valence-electron chi connectivity index (χ0n) is 17.4. The Kier molecular flexibility index (Phi) is 5.27. The third-order valence-electron chi connectivity index (χ3n) is 6.02. The summed E-state index contributed by atoms with van der Waals surface area (Å²) in [5.41, 5.74) is 2.44. The summed E-state index contributed by atoms with van der Waals surface area (Å²) in [5.74, 6) is 0.234. The van der Waals surface area contributed by atoms with E-state index in [0.29, 0.717) is 12.1 Å². The molecule has 0 spiro atoms.